The number of halogens is 1. The third kappa shape index (κ3) is 3.99. The molecule has 1 aromatic rings. The number of hydrogen-bond donors (Lipinski definition) is 1. The first-order valence-electron chi connectivity index (χ1n) is 5.80. The standard InChI is InChI=1S/C10H17BrN4S/c11-9-13-14-10(16-9)12-5-8-15-6-3-1-2-4-7-15/h1-8H2,(H,12,14). The van der Waals surface area contributed by atoms with Crippen LogP contribution in [0.2, 0.25) is 0 Å². The van der Waals surface area contributed by atoms with E-state index in [2.05, 4.69) is 36.3 Å². The van der Waals surface area contributed by atoms with Gasteiger partial charge in [-0.3, -0.25) is 0 Å². The van der Waals surface area contributed by atoms with Crippen molar-refractivity contribution in [2.24, 2.45) is 0 Å². The molecule has 1 fully saturated rings. The van der Waals surface area contributed by atoms with Crippen LogP contribution < -0.4 is 5.32 Å². The molecule has 0 unspecified atom stereocenters. The Morgan fingerprint density at radius 3 is 2.56 bits per heavy atom. The first-order valence-corrected chi connectivity index (χ1v) is 7.41. The molecule has 0 amide bonds. The van der Waals surface area contributed by atoms with Crippen LogP contribution in [0.5, 0.6) is 0 Å². The van der Waals surface area contributed by atoms with Gasteiger partial charge in [0.15, 0.2) is 3.92 Å². The lowest BCUT2D eigenvalue weighted by Crippen LogP contribution is -2.29. The van der Waals surface area contributed by atoms with Gasteiger partial charge in [-0.15, -0.1) is 10.2 Å². The molecular formula is C10H17BrN4S. The largest absolute Gasteiger partial charge is 0.359 e. The third-order valence-electron chi connectivity index (χ3n) is 2.80. The van der Waals surface area contributed by atoms with Crippen LogP contribution in [-0.4, -0.2) is 41.3 Å². The summed E-state index contributed by atoms with van der Waals surface area (Å²) in [4.78, 5) is 2.54. The molecule has 0 aliphatic carbocycles. The lowest BCUT2D eigenvalue weighted by Gasteiger charge is -2.19. The van der Waals surface area contributed by atoms with Gasteiger partial charge in [0.05, 0.1) is 0 Å². The van der Waals surface area contributed by atoms with Crippen molar-refractivity contribution in [3.05, 3.63) is 3.92 Å². The van der Waals surface area contributed by atoms with Crippen LogP contribution in [0.4, 0.5) is 5.13 Å². The Kier molecular flexibility index (Phi) is 4.99. The molecule has 0 spiro atoms. The van der Waals surface area contributed by atoms with Crippen molar-refractivity contribution >= 4 is 32.4 Å². The minimum absolute atomic E-state index is 0.838. The van der Waals surface area contributed by atoms with Crippen LogP contribution in [0.25, 0.3) is 0 Å². The molecule has 90 valence electrons. The summed E-state index contributed by atoms with van der Waals surface area (Å²) in [5, 5.41) is 12.1. The molecule has 1 aliphatic heterocycles. The maximum atomic E-state index is 4.01. The van der Waals surface area contributed by atoms with Crippen LogP contribution in [-0.2, 0) is 0 Å². The second kappa shape index (κ2) is 6.51. The zero-order chi connectivity index (χ0) is 11.2. The van der Waals surface area contributed by atoms with Gasteiger partial charge < -0.3 is 10.2 Å². The van der Waals surface area contributed by atoms with E-state index in [9.17, 15) is 0 Å². The van der Waals surface area contributed by atoms with Crippen LogP contribution in [0.15, 0.2) is 3.92 Å². The highest BCUT2D eigenvalue weighted by atomic mass is 79.9. The van der Waals surface area contributed by atoms with Gasteiger partial charge in [0.2, 0.25) is 5.13 Å². The molecule has 1 saturated heterocycles. The van der Waals surface area contributed by atoms with Gasteiger partial charge in [-0.25, -0.2) is 0 Å². The fourth-order valence-corrected chi connectivity index (χ4v) is 2.99. The maximum Gasteiger partial charge on any atom is 0.206 e. The molecule has 2 heterocycles. The fourth-order valence-electron chi connectivity index (χ4n) is 1.96. The van der Waals surface area contributed by atoms with Gasteiger partial charge in [-0.2, -0.15) is 0 Å². The van der Waals surface area contributed by atoms with E-state index in [1.807, 2.05) is 0 Å². The summed E-state index contributed by atoms with van der Waals surface area (Å²) in [6.07, 6.45) is 5.50. The number of nitrogens with zero attached hydrogens (tertiary/aromatic N) is 3. The van der Waals surface area contributed by atoms with Crippen molar-refractivity contribution in [3.8, 4) is 0 Å². The molecule has 16 heavy (non-hydrogen) atoms. The quantitative estimate of drug-likeness (QED) is 0.928. The van der Waals surface area contributed by atoms with E-state index >= 15 is 0 Å². The predicted octanol–water partition coefficient (Wildman–Crippen LogP) is 2.59. The van der Waals surface area contributed by atoms with Crippen molar-refractivity contribution in [1.29, 1.82) is 0 Å². The second-order valence-corrected chi connectivity index (χ2v) is 6.30. The molecule has 0 radical (unpaired) electrons. The molecule has 0 atom stereocenters. The van der Waals surface area contributed by atoms with Crippen molar-refractivity contribution in [3.63, 3.8) is 0 Å². The van der Waals surface area contributed by atoms with Gasteiger partial charge in [0.25, 0.3) is 0 Å². The number of rotatable bonds is 4. The SMILES string of the molecule is Brc1nnc(NCCN2CCCCCC2)s1. The highest BCUT2D eigenvalue weighted by Crippen LogP contribution is 2.19. The van der Waals surface area contributed by atoms with E-state index in [1.165, 1.54) is 38.8 Å². The lowest BCUT2D eigenvalue weighted by molar-refractivity contribution is 0.296. The molecule has 0 saturated carbocycles. The van der Waals surface area contributed by atoms with Crippen LogP contribution in [0.3, 0.4) is 0 Å². The number of hydrogen-bond acceptors (Lipinski definition) is 5. The second-order valence-electron chi connectivity index (χ2n) is 4.04. The average molecular weight is 305 g/mol. The summed E-state index contributed by atoms with van der Waals surface area (Å²) in [7, 11) is 0. The van der Waals surface area contributed by atoms with E-state index in [-0.39, 0.29) is 0 Å². The summed E-state index contributed by atoms with van der Waals surface area (Å²) >= 11 is 4.85. The van der Waals surface area contributed by atoms with E-state index in [0.717, 1.165) is 22.1 Å². The number of anilines is 1. The van der Waals surface area contributed by atoms with Gasteiger partial charge in [0, 0.05) is 13.1 Å². The minimum atomic E-state index is 0.838. The summed E-state index contributed by atoms with van der Waals surface area (Å²) < 4.78 is 0.838. The normalized spacial score (nSPS) is 18.3. The van der Waals surface area contributed by atoms with Gasteiger partial charge >= 0.3 is 0 Å². The zero-order valence-corrected chi connectivity index (χ0v) is 11.7. The van der Waals surface area contributed by atoms with Crippen molar-refractivity contribution in [2.45, 2.75) is 25.7 Å². The minimum Gasteiger partial charge on any atom is -0.359 e. The van der Waals surface area contributed by atoms with E-state index < -0.39 is 0 Å². The fraction of sp³-hybridized carbons (Fsp3) is 0.800. The molecule has 1 aliphatic rings. The molecule has 1 N–H and O–H groups in total. The Labute approximate surface area is 109 Å². The summed E-state index contributed by atoms with van der Waals surface area (Å²) in [5.41, 5.74) is 0. The first-order chi connectivity index (χ1) is 7.84. The highest BCUT2D eigenvalue weighted by molar-refractivity contribution is 9.11. The topological polar surface area (TPSA) is 41.1 Å². The Balaban J connectivity index is 1.67. The molecule has 0 bridgehead atoms. The smallest absolute Gasteiger partial charge is 0.206 e. The van der Waals surface area contributed by atoms with Gasteiger partial charge in [-0.05, 0) is 41.9 Å². The Hall–Kier alpha value is -0.200. The van der Waals surface area contributed by atoms with Crippen molar-refractivity contribution in [2.75, 3.05) is 31.5 Å². The highest BCUT2D eigenvalue weighted by Gasteiger charge is 2.08. The van der Waals surface area contributed by atoms with Gasteiger partial charge in [0.1, 0.15) is 0 Å². The molecule has 2 rings (SSSR count). The first kappa shape index (κ1) is 12.3. The maximum absolute atomic E-state index is 4.01. The predicted molar refractivity (Wildman–Crippen MR) is 71.0 cm³/mol. The van der Waals surface area contributed by atoms with Crippen LogP contribution >= 0.6 is 27.3 Å². The summed E-state index contributed by atoms with van der Waals surface area (Å²) in [6.45, 7) is 4.57. The number of nitrogens with one attached hydrogen (secondary N) is 1. The molecule has 4 nitrogen and oxygen atoms in total. The van der Waals surface area contributed by atoms with E-state index in [0.29, 0.717) is 0 Å². The summed E-state index contributed by atoms with van der Waals surface area (Å²) in [5.74, 6) is 0. The lowest BCUT2D eigenvalue weighted by atomic mass is 10.2. The Morgan fingerprint density at radius 2 is 1.94 bits per heavy atom. The third-order valence-corrected chi connectivity index (χ3v) is 4.12. The van der Waals surface area contributed by atoms with Crippen LogP contribution in [0.1, 0.15) is 25.7 Å². The monoisotopic (exact) mass is 304 g/mol. The van der Waals surface area contributed by atoms with E-state index in [4.69, 9.17) is 0 Å². The molecular weight excluding hydrogens is 288 g/mol. The van der Waals surface area contributed by atoms with Crippen LogP contribution in [0, 0.1) is 0 Å². The number of aromatic nitrogens is 2. The van der Waals surface area contributed by atoms with Crippen molar-refractivity contribution < 1.29 is 0 Å². The zero-order valence-electron chi connectivity index (χ0n) is 9.28. The Morgan fingerprint density at radius 1 is 1.19 bits per heavy atom. The van der Waals surface area contributed by atoms with Crippen molar-refractivity contribution in [1.82, 2.24) is 15.1 Å². The Bertz CT molecular complexity index is 310. The summed E-state index contributed by atoms with van der Waals surface area (Å²) in [6, 6.07) is 0. The number of likely N-dealkylation sites (tertiary alicyclic amines) is 1. The van der Waals surface area contributed by atoms with E-state index in [1.54, 1.807) is 11.3 Å². The average Bonchev–Trinajstić information content (AvgIpc) is 2.54. The molecule has 1 aromatic heterocycles. The molecule has 6 heteroatoms. The van der Waals surface area contributed by atoms with Gasteiger partial charge in [-0.1, -0.05) is 24.2 Å². The molecule has 0 aromatic carbocycles.